The maximum Gasteiger partial charge on any atom is 0.0192 e. The maximum atomic E-state index is 3.89. The molecule has 1 aromatic rings. The van der Waals surface area contributed by atoms with Gasteiger partial charge in [0.05, 0.1) is 0 Å². The molecular weight excluding hydrogens is 244 g/mol. The Labute approximate surface area is 123 Å². The monoisotopic (exact) mass is 270 g/mol. The van der Waals surface area contributed by atoms with Crippen LogP contribution in [0.25, 0.3) is 12.2 Å². The Morgan fingerprint density at radius 3 is 2.60 bits per heavy atom. The lowest BCUT2D eigenvalue weighted by atomic mass is 10.0. The Morgan fingerprint density at radius 1 is 1.20 bits per heavy atom. The normalized spacial score (nSPS) is 20.8. The van der Waals surface area contributed by atoms with Gasteiger partial charge in [0, 0.05) is 32.2 Å². The predicted octanol–water partition coefficient (Wildman–Crippen LogP) is 3.15. The van der Waals surface area contributed by atoms with E-state index in [-0.39, 0.29) is 0 Å². The van der Waals surface area contributed by atoms with E-state index in [4.69, 9.17) is 0 Å². The van der Waals surface area contributed by atoms with Crippen molar-refractivity contribution in [2.45, 2.75) is 19.4 Å². The zero-order chi connectivity index (χ0) is 14.5. The summed E-state index contributed by atoms with van der Waals surface area (Å²) in [6.07, 6.45) is 4.91. The van der Waals surface area contributed by atoms with Crippen LogP contribution in [-0.2, 0) is 6.42 Å². The summed E-state index contributed by atoms with van der Waals surface area (Å²) in [6.45, 7) is 14.7. The average Bonchev–Trinajstić information content (AvgIpc) is 2.48. The highest BCUT2D eigenvalue weighted by atomic mass is 15.3. The number of rotatable bonds is 5. The van der Waals surface area contributed by atoms with E-state index in [1.807, 2.05) is 12.2 Å². The molecule has 0 aliphatic carbocycles. The molecular formula is C18H26N2. The summed E-state index contributed by atoms with van der Waals surface area (Å²) < 4.78 is 0. The van der Waals surface area contributed by atoms with E-state index in [0.717, 1.165) is 18.5 Å². The van der Waals surface area contributed by atoms with Gasteiger partial charge in [0.2, 0.25) is 0 Å². The zero-order valence-corrected chi connectivity index (χ0v) is 12.8. The van der Waals surface area contributed by atoms with Crippen LogP contribution in [0, 0.1) is 0 Å². The van der Waals surface area contributed by atoms with Crippen LogP contribution in [0.1, 0.15) is 23.6 Å². The highest BCUT2D eigenvalue weighted by molar-refractivity contribution is 5.64. The maximum absolute atomic E-state index is 3.89. The minimum Gasteiger partial charge on any atom is -0.301 e. The minimum atomic E-state index is 0.663. The number of likely N-dealkylation sites (N-methyl/N-ethyl adjacent to an activating group) is 1. The van der Waals surface area contributed by atoms with Gasteiger partial charge < -0.3 is 9.80 Å². The summed E-state index contributed by atoms with van der Waals surface area (Å²) in [5.41, 5.74) is 3.73. The first kappa shape index (κ1) is 15.0. The van der Waals surface area contributed by atoms with Crippen molar-refractivity contribution < 1.29 is 0 Å². The van der Waals surface area contributed by atoms with Crippen LogP contribution >= 0.6 is 0 Å². The Kier molecular flexibility index (Phi) is 5.16. The molecule has 2 rings (SSSR count). The van der Waals surface area contributed by atoms with E-state index in [0.29, 0.717) is 6.04 Å². The molecule has 20 heavy (non-hydrogen) atoms. The second kappa shape index (κ2) is 6.87. The smallest absolute Gasteiger partial charge is 0.0192 e. The molecule has 0 amide bonds. The molecule has 2 nitrogen and oxygen atoms in total. The van der Waals surface area contributed by atoms with E-state index >= 15 is 0 Å². The van der Waals surface area contributed by atoms with Gasteiger partial charge >= 0.3 is 0 Å². The van der Waals surface area contributed by atoms with Crippen molar-refractivity contribution in [3.63, 3.8) is 0 Å². The van der Waals surface area contributed by atoms with Crippen LogP contribution in [-0.4, -0.2) is 49.1 Å². The molecule has 0 saturated carbocycles. The van der Waals surface area contributed by atoms with Gasteiger partial charge in [-0.1, -0.05) is 43.5 Å². The first-order valence-corrected chi connectivity index (χ1v) is 7.44. The minimum absolute atomic E-state index is 0.663. The number of hydrogen-bond donors (Lipinski definition) is 0. The van der Waals surface area contributed by atoms with E-state index in [1.54, 1.807) is 0 Å². The second-order valence-electron chi connectivity index (χ2n) is 5.75. The van der Waals surface area contributed by atoms with Crippen LogP contribution in [0.4, 0.5) is 0 Å². The molecule has 1 aromatic carbocycles. The number of benzene rings is 1. The molecule has 108 valence electrons. The van der Waals surface area contributed by atoms with Gasteiger partial charge in [0.25, 0.3) is 0 Å². The fraction of sp³-hybridized carbons (Fsp3) is 0.444. The van der Waals surface area contributed by atoms with Gasteiger partial charge in [-0.3, -0.25) is 0 Å². The summed E-state index contributed by atoms with van der Waals surface area (Å²) in [5.74, 6) is 0. The molecule has 1 atom stereocenters. The lowest BCUT2D eigenvalue weighted by Gasteiger charge is -2.37. The highest BCUT2D eigenvalue weighted by Gasteiger charge is 2.19. The SMILES string of the molecule is C=Cc1ccc(CCN2CCN(C)C(C)C2)cc1C=C. The van der Waals surface area contributed by atoms with Crippen LogP contribution < -0.4 is 0 Å². The van der Waals surface area contributed by atoms with E-state index in [2.05, 4.69) is 55.1 Å². The molecule has 1 aliphatic heterocycles. The standard InChI is InChI=1S/C18H26N2/c1-5-17-8-7-16(13-18(17)6-2)9-10-20-12-11-19(4)15(3)14-20/h5-8,13,15H,1-2,9-12,14H2,3-4H3. The molecule has 0 spiro atoms. The van der Waals surface area contributed by atoms with Gasteiger partial charge in [0.1, 0.15) is 0 Å². The first-order valence-electron chi connectivity index (χ1n) is 7.44. The molecule has 0 N–H and O–H groups in total. The fourth-order valence-corrected chi connectivity index (χ4v) is 2.76. The average molecular weight is 270 g/mol. The summed E-state index contributed by atoms with van der Waals surface area (Å²) in [6, 6.07) is 7.26. The van der Waals surface area contributed by atoms with Gasteiger partial charge in [-0.2, -0.15) is 0 Å². The van der Waals surface area contributed by atoms with Crippen molar-refractivity contribution in [3.05, 3.63) is 48.0 Å². The topological polar surface area (TPSA) is 6.48 Å². The molecule has 0 radical (unpaired) electrons. The molecule has 2 heteroatoms. The largest absolute Gasteiger partial charge is 0.301 e. The molecule has 1 saturated heterocycles. The number of nitrogens with zero attached hydrogens (tertiary/aromatic N) is 2. The van der Waals surface area contributed by atoms with E-state index in [9.17, 15) is 0 Å². The first-order chi connectivity index (χ1) is 9.63. The molecule has 1 aliphatic rings. The van der Waals surface area contributed by atoms with E-state index in [1.165, 1.54) is 30.8 Å². The third-order valence-electron chi connectivity index (χ3n) is 4.35. The van der Waals surface area contributed by atoms with Crippen molar-refractivity contribution in [3.8, 4) is 0 Å². The van der Waals surface area contributed by atoms with Crippen molar-refractivity contribution >= 4 is 12.2 Å². The van der Waals surface area contributed by atoms with Crippen LogP contribution in [0.3, 0.4) is 0 Å². The van der Waals surface area contributed by atoms with Gasteiger partial charge in [-0.25, -0.2) is 0 Å². The highest BCUT2D eigenvalue weighted by Crippen LogP contribution is 2.16. The molecule has 1 unspecified atom stereocenters. The summed E-state index contributed by atoms with van der Waals surface area (Å²) in [5, 5.41) is 0. The van der Waals surface area contributed by atoms with E-state index < -0.39 is 0 Å². The Bertz CT molecular complexity index is 478. The summed E-state index contributed by atoms with van der Waals surface area (Å²) in [4.78, 5) is 5.00. The Balaban J connectivity index is 1.94. The van der Waals surface area contributed by atoms with Crippen LogP contribution in [0.2, 0.25) is 0 Å². The molecule has 0 bridgehead atoms. The van der Waals surface area contributed by atoms with Gasteiger partial charge in [0.15, 0.2) is 0 Å². The predicted molar refractivity (Wildman–Crippen MR) is 88.9 cm³/mol. The zero-order valence-electron chi connectivity index (χ0n) is 12.8. The number of piperazine rings is 1. The third kappa shape index (κ3) is 3.59. The van der Waals surface area contributed by atoms with Crippen molar-refractivity contribution in [1.29, 1.82) is 0 Å². The molecule has 1 heterocycles. The number of hydrogen-bond acceptors (Lipinski definition) is 2. The molecule has 1 fully saturated rings. The summed E-state index contributed by atoms with van der Waals surface area (Å²) in [7, 11) is 2.21. The second-order valence-corrected chi connectivity index (χ2v) is 5.75. The Hall–Kier alpha value is -1.38. The van der Waals surface area contributed by atoms with Crippen molar-refractivity contribution in [1.82, 2.24) is 9.80 Å². The van der Waals surface area contributed by atoms with Crippen molar-refractivity contribution in [2.75, 3.05) is 33.2 Å². The fourth-order valence-electron chi connectivity index (χ4n) is 2.76. The lowest BCUT2D eigenvalue weighted by molar-refractivity contribution is 0.106. The van der Waals surface area contributed by atoms with Crippen LogP contribution in [0.5, 0.6) is 0 Å². The Morgan fingerprint density at radius 2 is 1.95 bits per heavy atom. The van der Waals surface area contributed by atoms with Gasteiger partial charge in [-0.05, 0) is 37.1 Å². The van der Waals surface area contributed by atoms with Crippen molar-refractivity contribution in [2.24, 2.45) is 0 Å². The third-order valence-corrected chi connectivity index (χ3v) is 4.35. The van der Waals surface area contributed by atoms with Crippen LogP contribution in [0.15, 0.2) is 31.4 Å². The molecule has 0 aromatic heterocycles. The summed E-state index contributed by atoms with van der Waals surface area (Å²) >= 11 is 0. The van der Waals surface area contributed by atoms with Gasteiger partial charge in [-0.15, -0.1) is 0 Å². The quantitative estimate of drug-likeness (QED) is 0.811. The lowest BCUT2D eigenvalue weighted by Crippen LogP contribution is -2.50.